The summed E-state index contributed by atoms with van der Waals surface area (Å²) < 4.78 is 0. The van der Waals surface area contributed by atoms with Crippen molar-refractivity contribution in [3.05, 3.63) is 11.6 Å². The molecule has 2 rings (SSSR count). The second-order valence-electron chi connectivity index (χ2n) is 5.19. The van der Waals surface area contributed by atoms with E-state index in [1.54, 1.807) is 0 Å². The zero-order valence-electron chi connectivity index (χ0n) is 11.4. The maximum absolute atomic E-state index is 5.49. The Balaban J connectivity index is 1.89. The third-order valence-electron chi connectivity index (χ3n) is 3.59. The van der Waals surface area contributed by atoms with Crippen LogP contribution >= 0.6 is 0 Å². The Kier molecular flexibility index (Phi) is 4.68. The molecule has 102 valence electrons. The molecule has 3 N–H and O–H groups in total. The second-order valence-corrected chi connectivity index (χ2v) is 5.19. The quantitative estimate of drug-likeness (QED) is 0.738. The van der Waals surface area contributed by atoms with Gasteiger partial charge in [-0.2, -0.15) is 5.10 Å². The predicted molar refractivity (Wildman–Crippen MR) is 71.4 cm³/mol. The maximum atomic E-state index is 5.49. The highest BCUT2D eigenvalue weighted by atomic mass is 15.3. The summed E-state index contributed by atoms with van der Waals surface area (Å²) >= 11 is 0. The summed E-state index contributed by atoms with van der Waals surface area (Å²) in [4.78, 5) is 9.31. The Morgan fingerprint density at radius 2 is 2.22 bits per heavy atom. The van der Waals surface area contributed by atoms with E-state index in [9.17, 15) is 0 Å². The summed E-state index contributed by atoms with van der Waals surface area (Å²) in [5.41, 5.74) is 5.49. The number of aromatic amines is 1. The standard InChI is InChI=1S/C12H24N6/c1-17-6-7-18(2)10(9-17)8-12-14-11(15-16-12)4-3-5-13/h10H,3-9,13H2,1-2H3,(H,14,15,16). The zero-order valence-corrected chi connectivity index (χ0v) is 11.4. The predicted octanol–water partition coefficient (Wildman–Crippen LogP) is -0.516. The van der Waals surface area contributed by atoms with Gasteiger partial charge in [-0.1, -0.05) is 0 Å². The monoisotopic (exact) mass is 252 g/mol. The van der Waals surface area contributed by atoms with E-state index >= 15 is 0 Å². The SMILES string of the molecule is CN1CCN(C)C(Cc2nc(CCCN)n[nH]2)C1. The van der Waals surface area contributed by atoms with Crippen molar-refractivity contribution in [3.63, 3.8) is 0 Å². The van der Waals surface area contributed by atoms with Crippen LogP contribution in [0.1, 0.15) is 18.1 Å². The average molecular weight is 252 g/mol. The van der Waals surface area contributed by atoms with Gasteiger partial charge in [0, 0.05) is 38.5 Å². The molecule has 0 saturated carbocycles. The molecule has 1 aliphatic heterocycles. The fraction of sp³-hybridized carbons (Fsp3) is 0.833. The van der Waals surface area contributed by atoms with Crippen molar-refractivity contribution < 1.29 is 0 Å². The minimum atomic E-state index is 0.527. The Bertz CT molecular complexity index is 363. The van der Waals surface area contributed by atoms with Crippen molar-refractivity contribution in [1.29, 1.82) is 0 Å². The minimum Gasteiger partial charge on any atom is -0.330 e. The fourth-order valence-electron chi connectivity index (χ4n) is 2.34. The highest BCUT2D eigenvalue weighted by Gasteiger charge is 2.23. The molecule has 6 nitrogen and oxygen atoms in total. The lowest BCUT2D eigenvalue weighted by atomic mass is 10.1. The average Bonchev–Trinajstić information content (AvgIpc) is 2.79. The van der Waals surface area contributed by atoms with Crippen molar-refractivity contribution in [1.82, 2.24) is 25.0 Å². The van der Waals surface area contributed by atoms with Crippen molar-refractivity contribution in [2.24, 2.45) is 5.73 Å². The lowest BCUT2D eigenvalue weighted by molar-refractivity contribution is 0.113. The van der Waals surface area contributed by atoms with Gasteiger partial charge in [0.25, 0.3) is 0 Å². The molecule has 1 atom stereocenters. The van der Waals surface area contributed by atoms with Crippen LogP contribution in [0, 0.1) is 0 Å². The number of likely N-dealkylation sites (N-methyl/N-ethyl adjacent to an activating group) is 2. The van der Waals surface area contributed by atoms with Gasteiger partial charge in [0.05, 0.1) is 0 Å². The van der Waals surface area contributed by atoms with Crippen LogP contribution in [0.3, 0.4) is 0 Å². The molecular formula is C12H24N6. The van der Waals surface area contributed by atoms with Crippen molar-refractivity contribution in [2.45, 2.75) is 25.3 Å². The normalized spacial score (nSPS) is 22.5. The van der Waals surface area contributed by atoms with Crippen LogP contribution < -0.4 is 5.73 Å². The van der Waals surface area contributed by atoms with Gasteiger partial charge < -0.3 is 15.5 Å². The molecule has 1 unspecified atom stereocenters. The highest BCUT2D eigenvalue weighted by Crippen LogP contribution is 2.10. The van der Waals surface area contributed by atoms with E-state index in [1.807, 2.05) is 0 Å². The lowest BCUT2D eigenvalue weighted by Gasteiger charge is -2.37. The van der Waals surface area contributed by atoms with Gasteiger partial charge in [-0.15, -0.1) is 0 Å². The second kappa shape index (κ2) is 6.26. The molecule has 18 heavy (non-hydrogen) atoms. The van der Waals surface area contributed by atoms with Gasteiger partial charge in [0.2, 0.25) is 0 Å². The number of rotatable bonds is 5. The molecule has 1 aliphatic rings. The van der Waals surface area contributed by atoms with Crippen molar-refractivity contribution >= 4 is 0 Å². The number of aromatic nitrogens is 3. The van der Waals surface area contributed by atoms with Crippen LogP contribution in [0.15, 0.2) is 0 Å². The minimum absolute atomic E-state index is 0.527. The summed E-state index contributed by atoms with van der Waals surface area (Å²) in [7, 11) is 4.36. The van der Waals surface area contributed by atoms with E-state index in [-0.39, 0.29) is 0 Å². The van der Waals surface area contributed by atoms with Gasteiger partial charge in [-0.25, -0.2) is 4.98 Å². The van der Waals surface area contributed by atoms with E-state index in [4.69, 9.17) is 5.73 Å². The molecule has 0 aliphatic carbocycles. The number of nitrogens with one attached hydrogen (secondary N) is 1. The van der Waals surface area contributed by atoms with Gasteiger partial charge >= 0.3 is 0 Å². The first-order valence-electron chi connectivity index (χ1n) is 6.68. The molecule has 6 heteroatoms. The molecule has 2 heterocycles. The topological polar surface area (TPSA) is 74.1 Å². The number of aryl methyl sites for hydroxylation is 1. The first-order valence-corrected chi connectivity index (χ1v) is 6.68. The number of H-pyrrole nitrogens is 1. The number of nitrogens with zero attached hydrogens (tertiary/aromatic N) is 4. The van der Waals surface area contributed by atoms with Gasteiger partial charge in [-0.3, -0.25) is 5.10 Å². The number of piperazine rings is 1. The Morgan fingerprint density at radius 1 is 1.39 bits per heavy atom. The van der Waals surface area contributed by atoms with Crippen LogP contribution in [0.5, 0.6) is 0 Å². The number of nitrogens with two attached hydrogens (primary N) is 1. The van der Waals surface area contributed by atoms with Crippen LogP contribution in [-0.4, -0.2) is 71.3 Å². The molecular weight excluding hydrogens is 228 g/mol. The largest absolute Gasteiger partial charge is 0.330 e. The van der Waals surface area contributed by atoms with Crippen molar-refractivity contribution in [2.75, 3.05) is 40.3 Å². The molecule has 1 aromatic heterocycles. The van der Waals surface area contributed by atoms with Crippen LogP contribution in [0.4, 0.5) is 0 Å². The van der Waals surface area contributed by atoms with Crippen LogP contribution in [-0.2, 0) is 12.8 Å². The Labute approximate surface area is 109 Å². The highest BCUT2D eigenvalue weighted by molar-refractivity contribution is 4.95. The number of hydrogen-bond donors (Lipinski definition) is 2. The summed E-state index contributed by atoms with van der Waals surface area (Å²) in [6.07, 6.45) is 2.76. The van der Waals surface area contributed by atoms with Gasteiger partial charge in [0.15, 0.2) is 5.82 Å². The third kappa shape index (κ3) is 3.51. The van der Waals surface area contributed by atoms with E-state index in [0.717, 1.165) is 50.5 Å². The van der Waals surface area contributed by atoms with Gasteiger partial charge in [0.1, 0.15) is 5.82 Å². The molecule has 0 spiro atoms. The van der Waals surface area contributed by atoms with Crippen LogP contribution in [0.2, 0.25) is 0 Å². The lowest BCUT2D eigenvalue weighted by Crippen LogP contribution is -2.50. The molecule has 1 saturated heterocycles. The molecule has 1 aromatic rings. The first-order chi connectivity index (χ1) is 8.69. The van der Waals surface area contributed by atoms with Crippen LogP contribution in [0.25, 0.3) is 0 Å². The molecule has 0 bridgehead atoms. The summed E-state index contributed by atoms with van der Waals surface area (Å²) in [6, 6.07) is 0.527. The van der Waals surface area contributed by atoms with E-state index < -0.39 is 0 Å². The summed E-state index contributed by atoms with van der Waals surface area (Å²) in [5, 5.41) is 7.29. The van der Waals surface area contributed by atoms with Crippen molar-refractivity contribution in [3.8, 4) is 0 Å². The third-order valence-corrected chi connectivity index (χ3v) is 3.59. The fourth-order valence-corrected chi connectivity index (χ4v) is 2.34. The zero-order chi connectivity index (χ0) is 13.0. The molecule has 0 radical (unpaired) electrons. The molecule has 1 fully saturated rings. The number of hydrogen-bond acceptors (Lipinski definition) is 5. The van der Waals surface area contributed by atoms with E-state index in [1.165, 1.54) is 0 Å². The Hall–Kier alpha value is -0.980. The molecule has 0 aromatic carbocycles. The summed E-state index contributed by atoms with van der Waals surface area (Å²) in [5.74, 6) is 1.89. The maximum Gasteiger partial charge on any atom is 0.150 e. The summed E-state index contributed by atoms with van der Waals surface area (Å²) in [6.45, 7) is 4.05. The smallest absolute Gasteiger partial charge is 0.150 e. The first kappa shape index (κ1) is 13.5. The molecule has 0 amide bonds. The van der Waals surface area contributed by atoms with E-state index in [0.29, 0.717) is 12.6 Å². The Morgan fingerprint density at radius 3 is 3.00 bits per heavy atom. The van der Waals surface area contributed by atoms with E-state index in [2.05, 4.69) is 39.1 Å². The van der Waals surface area contributed by atoms with Gasteiger partial charge in [-0.05, 0) is 27.1 Å².